The lowest BCUT2D eigenvalue weighted by molar-refractivity contribution is 0.257. The maximum Gasteiger partial charge on any atom is 0.352 e. The van der Waals surface area contributed by atoms with E-state index in [1.54, 1.807) is 21.5 Å². The minimum Gasteiger partial charge on any atom is -0.245 e. The molecule has 0 saturated carbocycles. The van der Waals surface area contributed by atoms with Crippen molar-refractivity contribution in [2.24, 2.45) is 0 Å². The summed E-state index contributed by atoms with van der Waals surface area (Å²) in [7, 11) is 0. The van der Waals surface area contributed by atoms with Crippen LogP contribution in [-0.4, -0.2) is 13.9 Å². The Bertz CT molecular complexity index is 795. The van der Waals surface area contributed by atoms with E-state index in [9.17, 15) is 9.59 Å². The molecule has 0 spiro atoms. The summed E-state index contributed by atoms with van der Waals surface area (Å²) in [6.45, 7) is 0. The lowest BCUT2D eigenvalue weighted by Crippen LogP contribution is -2.35. The molecule has 5 nitrogen and oxygen atoms in total. The summed E-state index contributed by atoms with van der Waals surface area (Å²) >= 11 is 0. The zero-order chi connectivity index (χ0) is 13.7. The van der Waals surface area contributed by atoms with E-state index in [-0.39, 0.29) is 23.5 Å². The van der Waals surface area contributed by atoms with E-state index in [0.717, 1.165) is 19.3 Å². The van der Waals surface area contributed by atoms with E-state index in [2.05, 4.69) is 12.2 Å². The molecule has 0 amide bonds. The van der Waals surface area contributed by atoms with Crippen LogP contribution in [0.2, 0.25) is 0 Å². The molecule has 3 heterocycles. The lowest BCUT2D eigenvalue weighted by atomic mass is 10.1. The molecule has 1 aromatic heterocycles. The Labute approximate surface area is 115 Å². The first kappa shape index (κ1) is 11.5. The Morgan fingerprint density at radius 2 is 1.70 bits per heavy atom. The highest BCUT2D eigenvalue weighted by molar-refractivity contribution is 5.30. The molecule has 0 fully saturated rings. The Balaban J connectivity index is 2.04. The maximum absolute atomic E-state index is 12.7. The second-order valence-corrected chi connectivity index (χ2v) is 5.39. The van der Waals surface area contributed by atoms with E-state index >= 15 is 0 Å². The van der Waals surface area contributed by atoms with Crippen LogP contribution in [0.3, 0.4) is 0 Å². The third-order valence-electron chi connectivity index (χ3n) is 4.24. The third-order valence-corrected chi connectivity index (χ3v) is 4.24. The van der Waals surface area contributed by atoms with Gasteiger partial charge in [-0.3, -0.25) is 0 Å². The van der Waals surface area contributed by atoms with Crippen molar-refractivity contribution in [1.29, 1.82) is 0 Å². The number of aromatic nitrogens is 3. The molecule has 5 rings (SSSR count). The summed E-state index contributed by atoms with van der Waals surface area (Å²) in [5.74, 6) is 0. The smallest absolute Gasteiger partial charge is 0.245 e. The van der Waals surface area contributed by atoms with Crippen LogP contribution in [0, 0.1) is 0 Å². The molecule has 3 aliphatic rings. The Morgan fingerprint density at radius 1 is 0.950 bits per heavy atom. The van der Waals surface area contributed by atoms with Gasteiger partial charge in [-0.15, -0.1) is 0 Å². The number of para-hydroxylation sites is 1. The molecule has 0 radical (unpaired) electrons. The number of nitrogens with zero attached hydrogens (tertiary/aromatic N) is 3. The van der Waals surface area contributed by atoms with Gasteiger partial charge in [-0.05, 0) is 31.4 Å². The molecule has 102 valence electrons. The monoisotopic (exact) mass is 269 g/mol. The van der Waals surface area contributed by atoms with Gasteiger partial charge in [0.1, 0.15) is 0 Å². The van der Waals surface area contributed by atoms with Gasteiger partial charge in [-0.2, -0.15) is 0 Å². The van der Waals surface area contributed by atoms with Crippen LogP contribution < -0.4 is 11.4 Å². The maximum atomic E-state index is 12.7. The third kappa shape index (κ3) is 1.43. The van der Waals surface area contributed by atoms with Crippen LogP contribution in [0.5, 0.6) is 0 Å². The number of hydrogen-bond donors (Lipinski definition) is 0. The summed E-state index contributed by atoms with van der Waals surface area (Å²) in [5, 5.41) is 0. The second kappa shape index (κ2) is 4.10. The first-order valence-corrected chi connectivity index (χ1v) is 6.95. The van der Waals surface area contributed by atoms with Crippen molar-refractivity contribution in [2.75, 3.05) is 0 Å². The fourth-order valence-corrected chi connectivity index (χ4v) is 3.30. The SMILES string of the molecule is O=c1n(-c2ccccc2)c(=O)n2n1[C@H]1CC=C[C@H]2CC1. The number of allylic oxidation sites excluding steroid dienone is 2. The first-order valence-electron chi connectivity index (χ1n) is 6.95. The zero-order valence-electron chi connectivity index (χ0n) is 11.0. The number of fused-ring (bicyclic) bond motifs is 2. The van der Waals surface area contributed by atoms with Crippen LogP contribution in [0.1, 0.15) is 31.3 Å². The van der Waals surface area contributed by atoms with Gasteiger partial charge in [-0.1, -0.05) is 30.4 Å². The second-order valence-electron chi connectivity index (χ2n) is 5.39. The molecule has 2 bridgehead atoms. The van der Waals surface area contributed by atoms with Gasteiger partial charge in [0.05, 0.1) is 17.8 Å². The van der Waals surface area contributed by atoms with Crippen LogP contribution in [0.15, 0.2) is 52.1 Å². The van der Waals surface area contributed by atoms with Gasteiger partial charge in [0.2, 0.25) is 0 Å². The van der Waals surface area contributed by atoms with Crippen LogP contribution in [0.4, 0.5) is 0 Å². The number of rotatable bonds is 1. The van der Waals surface area contributed by atoms with Crippen molar-refractivity contribution < 1.29 is 0 Å². The highest BCUT2D eigenvalue weighted by atomic mass is 16.2. The number of hydrogen-bond acceptors (Lipinski definition) is 2. The van der Waals surface area contributed by atoms with Crippen molar-refractivity contribution in [3.8, 4) is 5.69 Å². The summed E-state index contributed by atoms with van der Waals surface area (Å²) < 4.78 is 4.57. The Morgan fingerprint density at radius 3 is 2.50 bits per heavy atom. The fourth-order valence-electron chi connectivity index (χ4n) is 3.30. The minimum atomic E-state index is -0.234. The summed E-state index contributed by atoms with van der Waals surface area (Å²) in [6, 6.07) is 9.25. The van der Waals surface area contributed by atoms with Crippen molar-refractivity contribution >= 4 is 0 Å². The van der Waals surface area contributed by atoms with E-state index in [4.69, 9.17) is 0 Å². The van der Waals surface area contributed by atoms with E-state index in [1.807, 2.05) is 18.2 Å². The summed E-state index contributed by atoms with van der Waals surface area (Å²) in [5.41, 5.74) is 0.181. The highest BCUT2D eigenvalue weighted by Gasteiger charge is 2.32. The van der Waals surface area contributed by atoms with E-state index in [1.165, 1.54) is 4.57 Å². The molecule has 5 heteroatoms. The largest absolute Gasteiger partial charge is 0.352 e. The van der Waals surface area contributed by atoms with E-state index < -0.39 is 0 Å². The highest BCUT2D eigenvalue weighted by Crippen LogP contribution is 2.32. The van der Waals surface area contributed by atoms with Gasteiger partial charge in [-0.25, -0.2) is 23.5 Å². The van der Waals surface area contributed by atoms with Crippen LogP contribution >= 0.6 is 0 Å². The number of benzene rings is 1. The van der Waals surface area contributed by atoms with Crippen LogP contribution in [0.25, 0.3) is 5.69 Å². The molecule has 2 atom stereocenters. The predicted molar refractivity (Wildman–Crippen MR) is 75.4 cm³/mol. The van der Waals surface area contributed by atoms with Gasteiger partial charge in [0.25, 0.3) is 0 Å². The quantitative estimate of drug-likeness (QED) is 0.739. The van der Waals surface area contributed by atoms with Crippen molar-refractivity contribution in [3.63, 3.8) is 0 Å². The fraction of sp³-hybridized carbons (Fsp3) is 0.333. The predicted octanol–water partition coefficient (Wildman–Crippen LogP) is 1.64. The summed E-state index contributed by atoms with van der Waals surface area (Å²) in [4.78, 5) is 25.3. The van der Waals surface area contributed by atoms with Gasteiger partial charge < -0.3 is 0 Å². The van der Waals surface area contributed by atoms with Crippen LogP contribution in [-0.2, 0) is 0 Å². The molecule has 1 aliphatic carbocycles. The molecule has 2 aromatic rings. The topological polar surface area (TPSA) is 48.9 Å². The average molecular weight is 269 g/mol. The van der Waals surface area contributed by atoms with Crippen molar-refractivity contribution in [3.05, 3.63) is 63.5 Å². The Kier molecular flexibility index (Phi) is 2.36. The minimum absolute atomic E-state index is 0.0129. The molecule has 20 heavy (non-hydrogen) atoms. The molecular formula is C15H15N3O2. The van der Waals surface area contributed by atoms with E-state index in [0.29, 0.717) is 5.69 Å². The van der Waals surface area contributed by atoms with Gasteiger partial charge in [0.15, 0.2) is 0 Å². The molecule has 0 N–H and O–H groups in total. The Hall–Kier alpha value is -2.30. The molecule has 0 saturated heterocycles. The van der Waals surface area contributed by atoms with Crippen molar-refractivity contribution in [2.45, 2.75) is 31.3 Å². The normalized spacial score (nSPS) is 23.6. The average Bonchev–Trinajstić information content (AvgIpc) is 2.69. The zero-order valence-corrected chi connectivity index (χ0v) is 11.0. The molecular weight excluding hydrogens is 254 g/mol. The molecule has 1 aromatic carbocycles. The van der Waals surface area contributed by atoms with Crippen molar-refractivity contribution in [1.82, 2.24) is 13.9 Å². The van der Waals surface area contributed by atoms with Gasteiger partial charge >= 0.3 is 11.4 Å². The first-order chi connectivity index (χ1) is 9.77. The lowest BCUT2D eigenvalue weighted by Gasteiger charge is -2.26. The summed E-state index contributed by atoms with van der Waals surface area (Å²) in [6.07, 6.45) is 6.86. The van der Waals surface area contributed by atoms with Gasteiger partial charge in [0, 0.05) is 0 Å². The standard InChI is InChI=1S/C15H15N3O2/c19-14-16(11-5-2-1-3-6-11)15(20)18-13-8-4-7-12(9-10-13)17(14)18/h1-7,12-13H,8-10H2/t12-,13-/m0/s1. The molecule has 2 aliphatic heterocycles. The molecule has 0 unspecified atom stereocenters.